The van der Waals surface area contributed by atoms with E-state index in [1.807, 2.05) is 31.2 Å². The Kier molecular flexibility index (Phi) is 5.49. The summed E-state index contributed by atoms with van der Waals surface area (Å²) in [6.07, 6.45) is 1.75. The maximum Gasteiger partial charge on any atom is 0.317 e. The Morgan fingerprint density at radius 2 is 2.00 bits per heavy atom. The molecule has 0 bridgehead atoms. The zero-order valence-electron chi connectivity index (χ0n) is 14.4. The van der Waals surface area contributed by atoms with Crippen LogP contribution in [-0.2, 0) is 9.53 Å². The van der Waals surface area contributed by atoms with Crippen LogP contribution in [0.2, 0.25) is 5.02 Å². The first kappa shape index (κ1) is 18.0. The van der Waals surface area contributed by atoms with Crippen LogP contribution in [0.1, 0.15) is 37.8 Å². The SMILES string of the molecule is C[C@H](NC(=O)N1CCC2(CC1)CC(=O)NCCO2)c1ccc(Cl)cc1. The van der Waals surface area contributed by atoms with E-state index >= 15 is 0 Å². The first-order chi connectivity index (χ1) is 12.0. The highest BCUT2D eigenvalue weighted by atomic mass is 35.5. The first-order valence-corrected chi connectivity index (χ1v) is 9.07. The molecule has 0 unspecified atom stereocenters. The second kappa shape index (κ2) is 7.62. The van der Waals surface area contributed by atoms with Crippen molar-refractivity contribution in [3.63, 3.8) is 0 Å². The van der Waals surface area contributed by atoms with Gasteiger partial charge in [-0.15, -0.1) is 0 Å². The van der Waals surface area contributed by atoms with E-state index in [9.17, 15) is 9.59 Å². The number of hydrogen-bond donors (Lipinski definition) is 2. The van der Waals surface area contributed by atoms with E-state index in [1.54, 1.807) is 4.90 Å². The van der Waals surface area contributed by atoms with Crippen LogP contribution in [0.15, 0.2) is 24.3 Å². The zero-order chi connectivity index (χ0) is 17.9. The van der Waals surface area contributed by atoms with E-state index in [1.165, 1.54) is 0 Å². The molecule has 2 aliphatic heterocycles. The molecule has 2 N–H and O–H groups in total. The predicted molar refractivity (Wildman–Crippen MR) is 95.5 cm³/mol. The van der Waals surface area contributed by atoms with Crippen LogP contribution in [0.4, 0.5) is 4.79 Å². The monoisotopic (exact) mass is 365 g/mol. The number of rotatable bonds is 2. The summed E-state index contributed by atoms with van der Waals surface area (Å²) in [4.78, 5) is 26.1. The van der Waals surface area contributed by atoms with Gasteiger partial charge in [0.2, 0.25) is 5.91 Å². The average molecular weight is 366 g/mol. The van der Waals surface area contributed by atoms with Gasteiger partial charge in [0.15, 0.2) is 0 Å². The fraction of sp³-hybridized carbons (Fsp3) is 0.556. The molecular formula is C18H24ClN3O3. The van der Waals surface area contributed by atoms with Gasteiger partial charge in [0, 0.05) is 24.7 Å². The maximum atomic E-state index is 12.5. The summed E-state index contributed by atoms with van der Waals surface area (Å²) in [6.45, 7) is 4.22. The highest BCUT2D eigenvalue weighted by Gasteiger charge is 2.39. The molecule has 0 radical (unpaired) electrons. The molecule has 1 aromatic rings. The number of urea groups is 1. The lowest BCUT2D eigenvalue weighted by atomic mass is 9.87. The maximum absolute atomic E-state index is 12.5. The normalized spacial score (nSPS) is 21.4. The van der Waals surface area contributed by atoms with Crippen LogP contribution in [-0.4, -0.2) is 48.7 Å². The van der Waals surface area contributed by atoms with Gasteiger partial charge < -0.3 is 20.3 Å². The predicted octanol–water partition coefficient (Wildman–Crippen LogP) is 2.48. The van der Waals surface area contributed by atoms with E-state index in [-0.39, 0.29) is 18.0 Å². The molecule has 25 heavy (non-hydrogen) atoms. The number of nitrogens with zero attached hydrogens (tertiary/aromatic N) is 1. The molecule has 2 saturated heterocycles. The Labute approximate surface area is 152 Å². The Bertz CT molecular complexity index is 627. The summed E-state index contributed by atoms with van der Waals surface area (Å²) in [5.41, 5.74) is 0.592. The van der Waals surface area contributed by atoms with Gasteiger partial charge in [0.1, 0.15) is 0 Å². The molecule has 2 fully saturated rings. The van der Waals surface area contributed by atoms with Gasteiger partial charge in [-0.2, -0.15) is 0 Å². The minimum absolute atomic E-state index is 0.0340. The molecule has 1 spiro atoms. The lowest BCUT2D eigenvalue weighted by Crippen LogP contribution is -2.51. The zero-order valence-corrected chi connectivity index (χ0v) is 15.1. The quantitative estimate of drug-likeness (QED) is 0.845. The Morgan fingerprint density at radius 1 is 1.32 bits per heavy atom. The molecular weight excluding hydrogens is 342 g/mol. The second-order valence-corrected chi connectivity index (χ2v) is 7.20. The van der Waals surface area contributed by atoms with E-state index in [0.717, 1.165) is 5.56 Å². The van der Waals surface area contributed by atoms with Gasteiger partial charge in [-0.1, -0.05) is 23.7 Å². The van der Waals surface area contributed by atoms with Crippen molar-refractivity contribution < 1.29 is 14.3 Å². The Morgan fingerprint density at radius 3 is 2.68 bits per heavy atom. The number of amides is 3. The topological polar surface area (TPSA) is 70.7 Å². The largest absolute Gasteiger partial charge is 0.372 e. The molecule has 3 rings (SSSR count). The average Bonchev–Trinajstić information content (AvgIpc) is 2.77. The molecule has 2 aliphatic rings. The van der Waals surface area contributed by atoms with Crippen LogP contribution >= 0.6 is 11.6 Å². The first-order valence-electron chi connectivity index (χ1n) is 8.69. The minimum Gasteiger partial charge on any atom is -0.372 e. The van der Waals surface area contributed by atoms with Crippen molar-refractivity contribution in [2.24, 2.45) is 0 Å². The van der Waals surface area contributed by atoms with Crippen LogP contribution in [0, 0.1) is 0 Å². The molecule has 0 aromatic heterocycles. The third-order valence-electron chi connectivity index (χ3n) is 4.99. The number of likely N-dealkylation sites (tertiary alicyclic amines) is 1. The van der Waals surface area contributed by atoms with Crippen LogP contribution in [0.3, 0.4) is 0 Å². The van der Waals surface area contributed by atoms with Crippen molar-refractivity contribution >= 4 is 23.5 Å². The number of halogens is 1. The molecule has 136 valence electrons. The smallest absolute Gasteiger partial charge is 0.317 e. The summed E-state index contributed by atoms with van der Waals surface area (Å²) in [5.74, 6) is 0.0340. The van der Waals surface area contributed by atoms with Crippen molar-refractivity contribution in [3.8, 4) is 0 Å². The van der Waals surface area contributed by atoms with Crippen LogP contribution in [0.5, 0.6) is 0 Å². The van der Waals surface area contributed by atoms with Crippen molar-refractivity contribution in [1.29, 1.82) is 0 Å². The van der Waals surface area contributed by atoms with Gasteiger partial charge in [-0.25, -0.2) is 4.79 Å². The third kappa shape index (κ3) is 4.44. The number of hydrogen-bond acceptors (Lipinski definition) is 3. The Hall–Kier alpha value is -1.79. The summed E-state index contributed by atoms with van der Waals surface area (Å²) < 4.78 is 5.94. The van der Waals surface area contributed by atoms with Gasteiger partial charge in [0.25, 0.3) is 0 Å². The van der Waals surface area contributed by atoms with E-state index in [4.69, 9.17) is 16.3 Å². The summed E-state index contributed by atoms with van der Waals surface area (Å²) >= 11 is 5.90. The van der Waals surface area contributed by atoms with E-state index in [0.29, 0.717) is 50.5 Å². The van der Waals surface area contributed by atoms with E-state index < -0.39 is 5.60 Å². The van der Waals surface area contributed by atoms with Crippen molar-refractivity contribution in [2.45, 2.75) is 37.8 Å². The molecule has 1 atom stereocenters. The van der Waals surface area contributed by atoms with Crippen LogP contribution < -0.4 is 10.6 Å². The molecule has 0 saturated carbocycles. The minimum atomic E-state index is -0.418. The molecule has 2 heterocycles. The van der Waals surface area contributed by atoms with Crippen LogP contribution in [0.25, 0.3) is 0 Å². The van der Waals surface area contributed by atoms with Gasteiger partial charge in [-0.05, 0) is 37.5 Å². The number of piperidine rings is 1. The Balaban J connectivity index is 1.54. The molecule has 7 heteroatoms. The van der Waals surface area contributed by atoms with Crippen molar-refractivity contribution in [3.05, 3.63) is 34.9 Å². The summed E-state index contributed by atoms with van der Waals surface area (Å²) in [7, 11) is 0. The van der Waals surface area contributed by atoms with Crippen molar-refractivity contribution in [2.75, 3.05) is 26.2 Å². The van der Waals surface area contributed by atoms with E-state index in [2.05, 4.69) is 10.6 Å². The fourth-order valence-electron chi connectivity index (χ4n) is 3.41. The lowest BCUT2D eigenvalue weighted by molar-refractivity contribution is -0.127. The van der Waals surface area contributed by atoms with Gasteiger partial charge in [0.05, 0.1) is 24.7 Å². The summed E-state index contributed by atoms with van der Waals surface area (Å²) in [5, 5.41) is 6.53. The van der Waals surface area contributed by atoms with Gasteiger partial charge in [-0.3, -0.25) is 4.79 Å². The molecule has 1 aromatic carbocycles. The standard InChI is InChI=1S/C18H24ClN3O3/c1-13(14-2-4-15(19)5-3-14)21-17(24)22-9-6-18(7-10-22)12-16(23)20-8-11-25-18/h2-5,13H,6-12H2,1H3,(H,20,23)(H,21,24)/t13-/m0/s1. The highest BCUT2D eigenvalue weighted by molar-refractivity contribution is 6.30. The number of carbonyl (C=O) groups is 2. The summed E-state index contributed by atoms with van der Waals surface area (Å²) in [6, 6.07) is 7.28. The highest BCUT2D eigenvalue weighted by Crippen LogP contribution is 2.31. The number of carbonyl (C=O) groups excluding carboxylic acids is 2. The lowest BCUT2D eigenvalue weighted by Gasteiger charge is -2.40. The third-order valence-corrected chi connectivity index (χ3v) is 5.24. The number of nitrogens with one attached hydrogen (secondary N) is 2. The number of ether oxygens (including phenoxy) is 1. The van der Waals surface area contributed by atoms with Gasteiger partial charge >= 0.3 is 6.03 Å². The molecule has 3 amide bonds. The number of benzene rings is 1. The fourth-order valence-corrected chi connectivity index (χ4v) is 3.54. The molecule has 0 aliphatic carbocycles. The molecule has 6 nitrogen and oxygen atoms in total. The second-order valence-electron chi connectivity index (χ2n) is 6.77. The van der Waals surface area contributed by atoms with Crippen molar-refractivity contribution in [1.82, 2.24) is 15.5 Å².